The normalized spacial score (nSPS) is 16.3. The molecule has 2 rings (SSSR count). The third kappa shape index (κ3) is 40.3. The van der Waals surface area contributed by atoms with Gasteiger partial charge in [0.15, 0.2) is 0 Å². The molecule has 0 aromatic carbocycles. The van der Waals surface area contributed by atoms with Crippen LogP contribution in [0.1, 0.15) is 216 Å². The first-order valence-corrected chi connectivity index (χ1v) is 33.3. The van der Waals surface area contributed by atoms with E-state index in [1.54, 1.807) is 11.1 Å². The first-order valence-electron chi connectivity index (χ1n) is 33.3. The van der Waals surface area contributed by atoms with E-state index in [0.717, 1.165) is 51.4 Å². The highest BCUT2D eigenvalue weighted by atomic mass is 16.6. The molecule has 0 aromatic rings. The molecule has 5 atom stereocenters. The van der Waals surface area contributed by atoms with Crippen molar-refractivity contribution in [1.82, 2.24) is 21.3 Å². The van der Waals surface area contributed by atoms with E-state index in [4.69, 9.17) is 37.9 Å². The number of allylic oxidation sites excluding steroid dienone is 5. The van der Waals surface area contributed by atoms with E-state index >= 15 is 0 Å². The zero-order valence-corrected chi connectivity index (χ0v) is 54.9. The second kappa shape index (κ2) is 49.7. The summed E-state index contributed by atoms with van der Waals surface area (Å²) in [4.78, 5) is 52.0. The minimum Gasteiger partial charge on any atom is -0.379 e. The van der Waals surface area contributed by atoms with E-state index in [1.165, 1.54) is 74.5 Å². The molecule has 84 heavy (non-hydrogen) atoms. The van der Waals surface area contributed by atoms with Crippen LogP contribution in [-0.4, -0.2) is 155 Å². The van der Waals surface area contributed by atoms with E-state index in [-0.39, 0.29) is 36.0 Å². The molecule has 0 aliphatic heterocycles. The van der Waals surface area contributed by atoms with Gasteiger partial charge in [-0.1, -0.05) is 109 Å². The lowest BCUT2D eigenvalue weighted by Gasteiger charge is -2.35. The van der Waals surface area contributed by atoms with Crippen molar-refractivity contribution in [2.24, 2.45) is 29.1 Å². The first kappa shape index (κ1) is 76.9. The molecule has 0 spiro atoms. The Bertz CT molecular complexity index is 1820. The fourth-order valence-electron chi connectivity index (χ4n) is 11.3. The number of hydrogen-bond acceptors (Lipinski definition) is 12. The fraction of sp³-hybridized carbons (Fsp3) is 0.853. The van der Waals surface area contributed by atoms with Crippen LogP contribution in [0.25, 0.3) is 0 Å². The smallest absolute Gasteiger partial charge is 0.242 e. The van der Waals surface area contributed by atoms with Gasteiger partial charge in [0.2, 0.25) is 23.6 Å². The minimum absolute atomic E-state index is 0.0624. The van der Waals surface area contributed by atoms with Crippen molar-refractivity contribution in [3.05, 3.63) is 34.4 Å². The van der Waals surface area contributed by atoms with Gasteiger partial charge < -0.3 is 59.2 Å². The highest BCUT2D eigenvalue weighted by Crippen LogP contribution is 2.43. The molecule has 4 N–H and O–H groups in total. The summed E-state index contributed by atoms with van der Waals surface area (Å²) in [6, 6.07) is -0.645. The van der Waals surface area contributed by atoms with E-state index in [1.807, 2.05) is 6.92 Å². The summed E-state index contributed by atoms with van der Waals surface area (Å²) < 4.78 is 44.1. The number of rotatable bonds is 55. The fourth-order valence-corrected chi connectivity index (χ4v) is 11.3. The summed E-state index contributed by atoms with van der Waals surface area (Å²) in [5.41, 5.74) is 8.00. The molecule has 2 aliphatic rings. The maximum absolute atomic E-state index is 13.6. The number of ether oxygens (including phenoxy) is 8. The molecule has 0 saturated carbocycles. The van der Waals surface area contributed by atoms with Gasteiger partial charge in [-0.05, 0) is 152 Å². The van der Waals surface area contributed by atoms with Crippen molar-refractivity contribution >= 4 is 23.6 Å². The Labute approximate surface area is 511 Å². The van der Waals surface area contributed by atoms with Gasteiger partial charge in [-0.2, -0.15) is 0 Å². The highest BCUT2D eigenvalue weighted by Gasteiger charge is 2.28. The lowest BCUT2D eigenvalue weighted by atomic mass is 9.70. The van der Waals surface area contributed by atoms with Crippen molar-refractivity contribution in [3.63, 3.8) is 0 Å². The molecule has 4 amide bonds. The lowest BCUT2D eigenvalue weighted by Crippen LogP contribution is -2.47. The summed E-state index contributed by atoms with van der Waals surface area (Å²) in [7, 11) is 0. The lowest BCUT2D eigenvalue weighted by molar-refractivity contribution is -0.129. The molecular formula is C68H124N4O12. The summed E-state index contributed by atoms with van der Waals surface area (Å²) in [5, 5.41) is 12.1. The van der Waals surface area contributed by atoms with Crippen LogP contribution < -0.4 is 21.3 Å². The zero-order chi connectivity index (χ0) is 61.5. The molecule has 0 heterocycles. The van der Waals surface area contributed by atoms with E-state index in [2.05, 4.69) is 83.2 Å². The molecule has 16 heteroatoms. The van der Waals surface area contributed by atoms with Crippen LogP contribution in [0.4, 0.5) is 0 Å². The number of hydrogen-bond donors (Lipinski definition) is 4. The second-order valence-corrected chi connectivity index (χ2v) is 25.0. The number of carbonyl (C=O) groups is 4. The van der Waals surface area contributed by atoms with Gasteiger partial charge in [0.05, 0.1) is 85.9 Å². The average Bonchev–Trinajstić information content (AvgIpc) is 3.49. The van der Waals surface area contributed by atoms with E-state index < -0.39 is 6.04 Å². The van der Waals surface area contributed by atoms with Gasteiger partial charge in [-0.3, -0.25) is 19.2 Å². The largest absolute Gasteiger partial charge is 0.379 e. The average molecular weight is 1190 g/mol. The van der Waals surface area contributed by atoms with Crippen LogP contribution >= 0.6 is 0 Å². The molecule has 16 nitrogen and oxygen atoms in total. The molecule has 0 radical (unpaired) electrons. The van der Waals surface area contributed by atoms with Crippen LogP contribution in [0.2, 0.25) is 0 Å². The van der Waals surface area contributed by atoms with Crippen molar-refractivity contribution in [2.75, 3.05) is 125 Å². The first-order chi connectivity index (χ1) is 40.5. The van der Waals surface area contributed by atoms with Crippen LogP contribution in [0.15, 0.2) is 34.4 Å². The predicted octanol–water partition coefficient (Wildman–Crippen LogP) is 12.1. The summed E-state index contributed by atoms with van der Waals surface area (Å²) in [6.45, 7) is 34.1. The third-order valence-corrected chi connectivity index (χ3v) is 16.6. The molecule has 0 fully saturated rings. The van der Waals surface area contributed by atoms with E-state index in [9.17, 15) is 19.2 Å². The number of unbranched alkanes of at least 4 members (excludes halogenated alkanes) is 1. The van der Waals surface area contributed by atoms with Crippen molar-refractivity contribution < 1.29 is 57.1 Å². The minimum atomic E-state index is -0.645. The Kier molecular flexibility index (Phi) is 45.5. The highest BCUT2D eigenvalue weighted by molar-refractivity contribution is 5.87. The number of nitrogens with one attached hydrogen (secondary N) is 4. The van der Waals surface area contributed by atoms with Crippen molar-refractivity contribution in [2.45, 2.75) is 222 Å². The molecule has 4 unspecified atom stereocenters. The Morgan fingerprint density at radius 3 is 1.49 bits per heavy atom. The Morgan fingerprint density at radius 1 is 0.476 bits per heavy atom. The molecule has 0 bridgehead atoms. The standard InChI is InChI=1S/C68H124N4O12/c1-11-77-40-41-81-48-49-84-51-50-83-47-44-80-39-32-64(73)69-35-18-37-78-42-45-82-46-43-79-38-19-36-71-67(76)63(72-66(75)53-57(5)23-14-20-54(2)28-30-61-58(6)24-16-25-59(61)7)27-12-13-34-70-65(74)52-56(4)22-15-21-55(3)29-31-62-60(8)26-17-33-68(62,9)10/h54-57,63H,6,11-53H2,1-5,7-10H3,(H,69,73)(H,70,74)(H,71,76)(H,72,75)/t54?,55?,56?,57?,63-/m0/s1. The number of amides is 4. The molecule has 488 valence electrons. The van der Waals surface area contributed by atoms with E-state index in [0.29, 0.717) is 187 Å². The summed E-state index contributed by atoms with van der Waals surface area (Å²) in [6.07, 6.45) is 23.2. The topological polar surface area (TPSA) is 190 Å². The van der Waals surface area contributed by atoms with Gasteiger partial charge in [-0.15, -0.1) is 0 Å². The van der Waals surface area contributed by atoms with Crippen molar-refractivity contribution in [3.8, 4) is 0 Å². The molecule has 0 aromatic heterocycles. The second-order valence-electron chi connectivity index (χ2n) is 25.0. The SMILES string of the molecule is C=C1CCCC(C)=C1CCC(C)CCCC(C)CC(=O)N[C@@H](CCCCNC(=O)CC(C)CCCC(C)CCC1=C(C)CCCC1(C)C)C(=O)NCCCOCCOCCOCCCNC(=O)CCOCCOCCOCCOCCOCC. The summed E-state index contributed by atoms with van der Waals surface area (Å²) in [5.74, 6) is 1.60. The predicted molar refractivity (Wildman–Crippen MR) is 339 cm³/mol. The number of carbonyl (C=O) groups excluding carboxylic acids is 4. The van der Waals surface area contributed by atoms with Gasteiger partial charge in [0.1, 0.15) is 6.04 Å². The Morgan fingerprint density at radius 2 is 0.940 bits per heavy atom. The van der Waals surface area contributed by atoms with Gasteiger partial charge in [0.25, 0.3) is 0 Å². The van der Waals surface area contributed by atoms with Crippen LogP contribution in [-0.2, 0) is 57.1 Å². The van der Waals surface area contributed by atoms with Crippen LogP contribution in [0, 0.1) is 29.1 Å². The Hall–Kier alpha value is -3.22. The Balaban J connectivity index is 1.60. The van der Waals surface area contributed by atoms with Gasteiger partial charge in [-0.25, -0.2) is 0 Å². The molecule has 0 saturated heterocycles. The van der Waals surface area contributed by atoms with Gasteiger partial charge in [0, 0.05) is 58.7 Å². The zero-order valence-electron chi connectivity index (χ0n) is 54.9. The van der Waals surface area contributed by atoms with Crippen LogP contribution in [0.3, 0.4) is 0 Å². The maximum atomic E-state index is 13.6. The summed E-state index contributed by atoms with van der Waals surface area (Å²) >= 11 is 0. The van der Waals surface area contributed by atoms with Crippen LogP contribution in [0.5, 0.6) is 0 Å². The molecule has 2 aliphatic carbocycles. The quantitative estimate of drug-likeness (QED) is 0.0334. The maximum Gasteiger partial charge on any atom is 0.242 e. The van der Waals surface area contributed by atoms with Crippen molar-refractivity contribution in [1.29, 1.82) is 0 Å². The van der Waals surface area contributed by atoms with Gasteiger partial charge >= 0.3 is 0 Å². The third-order valence-electron chi connectivity index (χ3n) is 16.6. The monoisotopic (exact) mass is 1190 g/mol. The molecular weight excluding hydrogens is 1060 g/mol.